The Morgan fingerprint density at radius 1 is 1.53 bits per heavy atom. The predicted molar refractivity (Wildman–Crippen MR) is 60.6 cm³/mol. The molecule has 2 atom stereocenters. The van der Waals surface area contributed by atoms with E-state index < -0.39 is 0 Å². The summed E-state index contributed by atoms with van der Waals surface area (Å²) in [5.41, 5.74) is 1.21. The Kier molecular flexibility index (Phi) is 3.31. The second-order valence-corrected chi connectivity index (χ2v) is 4.79. The molecule has 1 aromatic rings. The van der Waals surface area contributed by atoms with Gasteiger partial charge >= 0.3 is 0 Å². The van der Waals surface area contributed by atoms with Crippen LogP contribution in [0, 0.1) is 11.8 Å². The standard InChI is InChI=1S/C12H19N3/c1-9(2)6-14-7-10-5-11(10)12-3-4-13-8-15-12/h3-4,8-11,14H,5-7H2,1-2H3. The molecule has 0 aromatic carbocycles. The number of hydrogen-bond acceptors (Lipinski definition) is 3. The molecular weight excluding hydrogens is 186 g/mol. The van der Waals surface area contributed by atoms with E-state index >= 15 is 0 Å². The summed E-state index contributed by atoms with van der Waals surface area (Å²) in [5.74, 6) is 2.20. The second-order valence-electron chi connectivity index (χ2n) is 4.79. The van der Waals surface area contributed by atoms with Gasteiger partial charge in [0.1, 0.15) is 6.33 Å². The van der Waals surface area contributed by atoms with Gasteiger partial charge in [-0.25, -0.2) is 9.97 Å². The predicted octanol–water partition coefficient (Wildman–Crippen LogP) is 1.83. The van der Waals surface area contributed by atoms with Crippen molar-refractivity contribution in [3.05, 3.63) is 24.3 Å². The van der Waals surface area contributed by atoms with Gasteiger partial charge in [0.2, 0.25) is 0 Å². The van der Waals surface area contributed by atoms with E-state index in [4.69, 9.17) is 0 Å². The lowest BCUT2D eigenvalue weighted by Crippen LogP contribution is -2.22. The van der Waals surface area contributed by atoms with E-state index in [1.165, 1.54) is 12.1 Å². The molecule has 1 fully saturated rings. The third kappa shape index (κ3) is 2.99. The van der Waals surface area contributed by atoms with Crippen LogP contribution in [0.1, 0.15) is 31.9 Å². The van der Waals surface area contributed by atoms with Crippen molar-refractivity contribution in [3.63, 3.8) is 0 Å². The van der Waals surface area contributed by atoms with E-state index in [0.717, 1.165) is 24.9 Å². The Labute approximate surface area is 91.3 Å². The summed E-state index contributed by atoms with van der Waals surface area (Å²) >= 11 is 0. The van der Waals surface area contributed by atoms with E-state index in [2.05, 4.69) is 29.1 Å². The Morgan fingerprint density at radius 2 is 2.40 bits per heavy atom. The average Bonchev–Trinajstić information content (AvgIpc) is 2.98. The van der Waals surface area contributed by atoms with E-state index in [-0.39, 0.29) is 0 Å². The number of nitrogens with zero attached hydrogens (tertiary/aromatic N) is 2. The molecule has 0 saturated heterocycles. The van der Waals surface area contributed by atoms with Crippen LogP contribution in [0.3, 0.4) is 0 Å². The van der Waals surface area contributed by atoms with Crippen molar-refractivity contribution in [1.82, 2.24) is 15.3 Å². The number of rotatable bonds is 5. The van der Waals surface area contributed by atoms with E-state index in [0.29, 0.717) is 5.92 Å². The highest BCUT2D eigenvalue weighted by Gasteiger charge is 2.38. The maximum absolute atomic E-state index is 4.30. The van der Waals surface area contributed by atoms with E-state index in [9.17, 15) is 0 Å². The van der Waals surface area contributed by atoms with Crippen LogP contribution in [0.15, 0.2) is 18.6 Å². The fourth-order valence-corrected chi connectivity index (χ4v) is 1.91. The lowest BCUT2D eigenvalue weighted by atomic mass is 10.2. The molecule has 0 aliphatic heterocycles. The third-order valence-electron chi connectivity index (χ3n) is 2.87. The summed E-state index contributed by atoms with van der Waals surface area (Å²) in [7, 11) is 0. The molecule has 1 saturated carbocycles. The van der Waals surface area contributed by atoms with Gasteiger partial charge in [-0.15, -0.1) is 0 Å². The van der Waals surface area contributed by atoms with Gasteiger partial charge < -0.3 is 5.32 Å². The second kappa shape index (κ2) is 4.71. The normalized spacial score (nSPS) is 24.5. The summed E-state index contributed by atoms with van der Waals surface area (Å²) in [4.78, 5) is 8.23. The summed E-state index contributed by atoms with van der Waals surface area (Å²) in [6, 6.07) is 2.03. The molecule has 82 valence electrons. The first-order chi connectivity index (χ1) is 7.27. The maximum Gasteiger partial charge on any atom is 0.115 e. The summed E-state index contributed by atoms with van der Waals surface area (Å²) in [6.07, 6.45) is 4.76. The van der Waals surface area contributed by atoms with Crippen LogP contribution in [0.5, 0.6) is 0 Å². The average molecular weight is 205 g/mol. The van der Waals surface area contributed by atoms with Gasteiger partial charge in [-0.05, 0) is 37.4 Å². The molecule has 1 N–H and O–H groups in total. The van der Waals surface area contributed by atoms with Gasteiger partial charge in [0.15, 0.2) is 0 Å². The minimum absolute atomic E-state index is 0.674. The minimum atomic E-state index is 0.674. The number of aromatic nitrogens is 2. The molecule has 15 heavy (non-hydrogen) atoms. The van der Waals surface area contributed by atoms with Crippen LogP contribution in [-0.4, -0.2) is 23.1 Å². The molecule has 1 aromatic heterocycles. The number of hydrogen-bond donors (Lipinski definition) is 1. The van der Waals surface area contributed by atoms with Gasteiger partial charge in [0.25, 0.3) is 0 Å². The molecule has 0 radical (unpaired) electrons. The summed E-state index contributed by atoms with van der Waals surface area (Å²) < 4.78 is 0. The van der Waals surface area contributed by atoms with Gasteiger partial charge in [-0.2, -0.15) is 0 Å². The van der Waals surface area contributed by atoms with Crippen molar-refractivity contribution < 1.29 is 0 Å². The molecule has 0 bridgehead atoms. The van der Waals surface area contributed by atoms with Crippen LogP contribution in [0.2, 0.25) is 0 Å². The van der Waals surface area contributed by atoms with Crippen molar-refractivity contribution in [2.75, 3.05) is 13.1 Å². The largest absolute Gasteiger partial charge is 0.316 e. The van der Waals surface area contributed by atoms with Crippen LogP contribution in [-0.2, 0) is 0 Å². The molecule has 3 nitrogen and oxygen atoms in total. The molecular formula is C12H19N3. The highest BCUT2D eigenvalue weighted by atomic mass is 14.9. The van der Waals surface area contributed by atoms with Crippen molar-refractivity contribution in [3.8, 4) is 0 Å². The monoisotopic (exact) mass is 205 g/mol. The Bertz CT molecular complexity index is 297. The van der Waals surface area contributed by atoms with Crippen LogP contribution in [0.25, 0.3) is 0 Å². The van der Waals surface area contributed by atoms with Gasteiger partial charge in [0.05, 0.1) is 0 Å². The molecule has 1 aliphatic carbocycles. The molecule has 1 aliphatic rings. The zero-order valence-corrected chi connectivity index (χ0v) is 9.48. The number of nitrogens with one attached hydrogen (secondary N) is 1. The zero-order chi connectivity index (χ0) is 10.7. The van der Waals surface area contributed by atoms with Crippen molar-refractivity contribution in [2.24, 2.45) is 11.8 Å². The first kappa shape index (κ1) is 10.6. The van der Waals surface area contributed by atoms with Crippen molar-refractivity contribution in [2.45, 2.75) is 26.2 Å². The lowest BCUT2D eigenvalue weighted by Gasteiger charge is -2.06. The highest BCUT2D eigenvalue weighted by Crippen LogP contribution is 2.45. The van der Waals surface area contributed by atoms with Crippen LogP contribution < -0.4 is 5.32 Å². The molecule has 2 unspecified atom stereocenters. The molecule has 0 spiro atoms. The minimum Gasteiger partial charge on any atom is -0.316 e. The molecule has 3 heteroatoms. The highest BCUT2D eigenvalue weighted by molar-refractivity contribution is 5.16. The Hall–Kier alpha value is -0.960. The molecule has 1 heterocycles. The van der Waals surface area contributed by atoms with Crippen LogP contribution >= 0.6 is 0 Å². The molecule has 2 rings (SSSR count). The summed E-state index contributed by atoms with van der Waals surface area (Å²) in [6.45, 7) is 6.73. The van der Waals surface area contributed by atoms with Gasteiger partial charge in [-0.3, -0.25) is 0 Å². The quantitative estimate of drug-likeness (QED) is 0.797. The zero-order valence-electron chi connectivity index (χ0n) is 9.48. The first-order valence-corrected chi connectivity index (χ1v) is 5.74. The van der Waals surface area contributed by atoms with Gasteiger partial charge in [0, 0.05) is 17.8 Å². The maximum atomic E-state index is 4.30. The Balaban J connectivity index is 1.72. The third-order valence-corrected chi connectivity index (χ3v) is 2.87. The lowest BCUT2D eigenvalue weighted by molar-refractivity contribution is 0.532. The van der Waals surface area contributed by atoms with Crippen molar-refractivity contribution >= 4 is 0 Å². The topological polar surface area (TPSA) is 37.8 Å². The van der Waals surface area contributed by atoms with Crippen LogP contribution in [0.4, 0.5) is 0 Å². The van der Waals surface area contributed by atoms with E-state index in [1.54, 1.807) is 6.33 Å². The smallest absolute Gasteiger partial charge is 0.115 e. The fourth-order valence-electron chi connectivity index (χ4n) is 1.91. The molecule has 0 amide bonds. The SMILES string of the molecule is CC(C)CNCC1CC1c1ccncn1. The van der Waals surface area contributed by atoms with E-state index in [1.807, 2.05) is 12.3 Å². The van der Waals surface area contributed by atoms with Crippen molar-refractivity contribution in [1.29, 1.82) is 0 Å². The summed E-state index contributed by atoms with van der Waals surface area (Å²) in [5, 5.41) is 3.50. The fraction of sp³-hybridized carbons (Fsp3) is 0.667. The Morgan fingerprint density at radius 3 is 3.07 bits per heavy atom. The first-order valence-electron chi connectivity index (χ1n) is 5.74. The van der Waals surface area contributed by atoms with Gasteiger partial charge in [-0.1, -0.05) is 13.8 Å².